The van der Waals surface area contributed by atoms with E-state index in [0.29, 0.717) is 11.5 Å². The second-order valence-corrected chi connectivity index (χ2v) is 6.72. The van der Waals surface area contributed by atoms with Crippen molar-refractivity contribution in [3.05, 3.63) is 41.5 Å². The van der Waals surface area contributed by atoms with Crippen molar-refractivity contribution in [3.63, 3.8) is 0 Å². The minimum absolute atomic E-state index is 0.490. The highest BCUT2D eigenvalue weighted by atomic mass is 15.1. The molecule has 102 valence electrons. The van der Waals surface area contributed by atoms with E-state index in [2.05, 4.69) is 56.0 Å². The molecule has 0 saturated heterocycles. The van der Waals surface area contributed by atoms with Gasteiger partial charge in [-0.15, -0.1) is 0 Å². The van der Waals surface area contributed by atoms with Crippen LogP contribution in [0.3, 0.4) is 0 Å². The van der Waals surface area contributed by atoms with Crippen LogP contribution in [0, 0.1) is 0 Å². The summed E-state index contributed by atoms with van der Waals surface area (Å²) in [6, 6.07) is 9.99. The molecule has 2 aliphatic rings. The van der Waals surface area contributed by atoms with Gasteiger partial charge < -0.3 is 0 Å². The van der Waals surface area contributed by atoms with Gasteiger partial charge in [0.2, 0.25) is 0 Å². The Bertz CT molecular complexity index is 477. The van der Waals surface area contributed by atoms with Crippen molar-refractivity contribution in [2.24, 2.45) is 0 Å². The lowest BCUT2D eigenvalue weighted by Gasteiger charge is -2.30. The quantitative estimate of drug-likeness (QED) is 0.781. The van der Waals surface area contributed by atoms with Crippen molar-refractivity contribution >= 4 is 5.57 Å². The summed E-state index contributed by atoms with van der Waals surface area (Å²) in [5.74, 6) is 0. The van der Waals surface area contributed by atoms with Gasteiger partial charge in [-0.2, -0.15) is 0 Å². The first-order valence-electron chi connectivity index (χ1n) is 7.62. The highest BCUT2D eigenvalue weighted by molar-refractivity contribution is 5.68. The molecule has 1 aromatic rings. The average Bonchev–Trinajstić information content (AvgIpc) is 3.18. The summed E-state index contributed by atoms with van der Waals surface area (Å²) in [6.07, 6.45) is 6.33. The van der Waals surface area contributed by atoms with Crippen LogP contribution in [0.15, 0.2) is 30.3 Å². The molecule has 1 fully saturated rings. The van der Waals surface area contributed by atoms with Crippen molar-refractivity contribution in [2.45, 2.75) is 51.5 Å². The van der Waals surface area contributed by atoms with Crippen LogP contribution < -0.4 is 0 Å². The molecule has 1 aromatic carbocycles. The number of hydrogen-bond acceptors (Lipinski definition) is 1. The maximum absolute atomic E-state index is 2.56. The number of benzene rings is 1. The second-order valence-electron chi connectivity index (χ2n) is 6.72. The van der Waals surface area contributed by atoms with Crippen molar-refractivity contribution in [2.75, 3.05) is 13.1 Å². The van der Waals surface area contributed by atoms with Gasteiger partial charge in [0.05, 0.1) is 0 Å². The zero-order valence-corrected chi connectivity index (χ0v) is 12.4. The predicted molar refractivity (Wildman–Crippen MR) is 82.3 cm³/mol. The maximum atomic E-state index is 2.56. The van der Waals surface area contributed by atoms with E-state index in [1.165, 1.54) is 42.5 Å². The molecule has 1 saturated carbocycles. The molecule has 1 aliphatic carbocycles. The summed E-state index contributed by atoms with van der Waals surface area (Å²) in [4.78, 5) is 2.56. The van der Waals surface area contributed by atoms with Crippen LogP contribution in [-0.4, -0.2) is 24.0 Å². The summed E-state index contributed by atoms with van der Waals surface area (Å²) in [5.41, 5.74) is 4.93. The largest absolute Gasteiger partial charge is 0.296 e. The Balaban J connectivity index is 1.77. The molecule has 1 heterocycles. The first-order valence-corrected chi connectivity index (χ1v) is 7.62. The van der Waals surface area contributed by atoms with E-state index in [0.717, 1.165) is 6.54 Å². The highest BCUT2D eigenvalue weighted by Crippen LogP contribution is 2.47. The minimum Gasteiger partial charge on any atom is -0.296 e. The second kappa shape index (κ2) is 4.79. The summed E-state index contributed by atoms with van der Waals surface area (Å²) in [5, 5.41) is 0. The molecule has 0 N–H and O–H groups in total. The molecule has 0 unspecified atom stereocenters. The Kier molecular flexibility index (Phi) is 3.26. The van der Waals surface area contributed by atoms with E-state index in [9.17, 15) is 0 Å². The van der Waals surface area contributed by atoms with Gasteiger partial charge >= 0.3 is 0 Å². The Morgan fingerprint density at radius 3 is 2.37 bits per heavy atom. The molecule has 1 aliphatic heterocycles. The van der Waals surface area contributed by atoms with Gasteiger partial charge in [0.15, 0.2) is 0 Å². The normalized spacial score (nSPS) is 22.4. The van der Waals surface area contributed by atoms with Crippen LogP contribution in [0.5, 0.6) is 0 Å². The van der Waals surface area contributed by atoms with Gasteiger partial charge in [-0.1, -0.05) is 37.3 Å². The molecule has 0 atom stereocenters. The van der Waals surface area contributed by atoms with Gasteiger partial charge in [-0.25, -0.2) is 0 Å². The molecule has 0 spiro atoms. The highest BCUT2D eigenvalue weighted by Gasteiger charge is 2.38. The molecule has 1 heteroatoms. The third-order valence-corrected chi connectivity index (χ3v) is 4.86. The first kappa shape index (κ1) is 12.9. The molecule has 3 rings (SSSR count). The van der Waals surface area contributed by atoms with E-state index in [4.69, 9.17) is 0 Å². The van der Waals surface area contributed by atoms with E-state index < -0.39 is 0 Å². The van der Waals surface area contributed by atoms with Crippen LogP contribution in [0.25, 0.3) is 5.57 Å². The van der Waals surface area contributed by atoms with Gasteiger partial charge in [-0.05, 0) is 55.2 Å². The summed E-state index contributed by atoms with van der Waals surface area (Å²) in [7, 11) is 0. The monoisotopic (exact) mass is 255 g/mol. The first-order chi connectivity index (χ1) is 9.08. The molecule has 1 nitrogen and oxygen atoms in total. The van der Waals surface area contributed by atoms with Crippen molar-refractivity contribution in [1.82, 2.24) is 4.90 Å². The maximum Gasteiger partial charge on any atom is 0.0239 e. The van der Waals surface area contributed by atoms with Gasteiger partial charge in [0.25, 0.3) is 0 Å². The summed E-state index contributed by atoms with van der Waals surface area (Å²) >= 11 is 0. The molecule has 0 radical (unpaired) electrons. The van der Waals surface area contributed by atoms with Crippen LogP contribution in [0.2, 0.25) is 0 Å². The van der Waals surface area contributed by atoms with Gasteiger partial charge in [0, 0.05) is 19.1 Å². The van der Waals surface area contributed by atoms with E-state index >= 15 is 0 Å². The minimum atomic E-state index is 0.490. The van der Waals surface area contributed by atoms with Crippen molar-refractivity contribution < 1.29 is 0 Å². The fourth-order valence-corrected chi connectivity index (χ4v) is 2.98. The Hall–Kier alpha value is -1.08. The number of nitrogens with zero attached hydrogens (tertiary/aromatic N) is 1. The zero-order chi connectivity index (χ0) is 13.5. The molecule has 0 aromatic heterocycles. The number of rotatable bonds is 3. The lowest BCUT2D eigenvalue weighted by atomic mass is 9.94. The van der Waals surface area contributed by atoms with E-state index in [1.807, 2.05) is 0 Å². The topological polar surface area (TPSA) is 3.24 Å². The summed E-state index contributed by atoms with van der Waals surface area (Å²) < 4.78 is 0. The van der Waals surface area contributed by atoms with Crippen molar-refractivity contribution in [1.29, 1.82) is 0 Å². The third kappa shape index (κ3) is 2.62. The smallest absolute Gasteiger partial charge is 0.0239 e. The Morgan fingerprint density at radius 2 is 1.79 bits per heavy atom. The van der Waals surface area contributed by atoms with Gasteiger partial charge in [0.1, 0.15) is 0 Å². The molecule has 19 heavy (non-hydrogen) atoms. The van der Waals surface area contributed by atoms with E-state index in [-0.39, 0.29) is 0 Å². The van der Waals surface area contributed by atoms with Gasteiger partial charge in [-0.3, -0.25) is 4.90 Å². The molecular formula is C18H25N. The molecule has 0 bridgehead atoms. The fourth-order valence-electron chi connectivity index (χ4n) is 2.98. The molecule has 0 amide bonds. The predicted octanol–water partition coefficient (Wildman–Crippen LogP) is 4.24. The van der Waals surface area contributed by atoms with Crippen LogP contribution in [0.1, 0.15) is 51.2 Å². The Labute approximate surface area is 117 Å². The average molecular weight is 255 g/mol. The standard InChI is InChI=1S/C18H25N/c1-14(2)19-12-4-5-16(13-19)15-6-8-17(9-7-15)18(3)10-11-18/h5-9,14H,4,10-13H2,1-3H3. The van der Waals surface area contributed by atoms with Crippen LogP contribution in [-0.2, 0) is 5.41 Å². The van der Waals surface area contributed by atoms with Crippen LogP contribution in [0.4, 0.5) is 0 Å². The SMILES string of the molecule is CC(C)N1CCC=C(c2ccc(C3(C)CC3)cc2)C1. The van der Waals surface area contributed by atoms with E-state index in [1.54, 1.807) is 0 Å². The lowest BCUT2D eigenvalue weighted by molar-refractivity contribution is 0.248. The lowest BCUT2D eigenvalue weighted by Crippen LogP contribution is -2.35. The zero-order valence-electron chi connectivity index (χ0n) is 12.4. The Morgan fingerprint density at radius 1 is 1.11 bits per heavy atom. The fraction of sp³-hybridized carbons (Fsp3) is 0.556. The molecular weight excluding hydrogens is 230 g/mol. The van der Waals surface area contributed by atoms with Crippen molar-refractivity contribution in [3.8, 4) is 0 Å². The third-order valence-electron chi connectivity index (χ3n) is 4.86. The van der Waals surface area contributed by atoms with Crippen LogP contribution >= 0.6 is 0 Å². The number of hydrogen-bond donors (Lipinski definition) is 0. The summed E-state index contributed by atoms with van der Waals surface area (Å²) in [6.45, 7) is 9.27.